The van der Waals surface area contributed by atoms with Crippen molar-refractivity contribution < 1.29 is 14.6 Å². The molecule has 0 aliphatic rings. The zero-order chi connectivity index (χ0) is 13.4. The molecule has 0 unspecified atom stereocenters. The van der Waals surface area contributed by atoms with E-state index in [1.54, 1.807) is 17.7 Å². The third-order valence-electron chi connectivity index (χ3n) is 2.90. The lowest BCUT2D eigenvalue weighted by molar-refractivity contribution is 0.0695. The number of aryl methyl sites for hydroxylation is 2. The molecule has 0 amide bonds. The number of rotatable bonds is 2. The van der Waals surface area contributed by atoms with Crippen molar-refractivity contribution in [2.75, 3.05) is 7.11 Å². The number of hydrogen-bond acceptors (Lipinski definition) is 3. The Morgan fingerprint density at radius 2 is 2.06 bits per heavy atom. The summed E-state index contributed by atoms with van der Waals surface area (Å²) >= 11 is 0. The number of pyridine rings is 1. The summed E-state index contributed by atoms with van der Waals surface area (Å²) in [6.07, 6.45) is 1.34. The Labute approximate surface area is 103 Å². The van der Waals surface area contributed by atoms with E-state index in [9.17, 15) is 9.59 Å². The minimum absolute atomic E-state index is 0.238. The molecule has 0 saturated heterocycles. The predicted octanol–water partition coefficient (Wildman–Crippen LogP) is 1.55. The topological polar surface area (TPSA) is 68.5 Å². The number of benzene rings is 1. The minimum atomic E-state index is -1.22. The van der Waals surface area contributed by atoms with Gasteiger partial charge in [-0.1, -0.05) is 0 Å². The molecule has 18 heavy (non-hydrogen) atoms. The summed E-state index contributed by atoms with van der Waals surface area (Å²) in [6, 6.07) is 3.37. The SMILES string of the molecule is COc1cc(C)c2c(c1)c(=O)c(C(=O)O)cn2C. The highest BCUT2D eigenvalue weighted by Crippen LogP contribution is 2.22. The molecule has 2 rings (SSSR count). The second kappa shape index (κ2) is 4.18. The summed E-state index contributed by atoms with van der Waals surface area (Å²) in [4.78, 5) is 23.1. The zero-order valence-electron chi connectivity index (χ0n) is 10.4. The zero-order valence-corrected chi connectivity index (χ0v) is 10.4. The van der Waals surface area contributed by atoms with Crippen LogP contribution in [0.3, 0.4) is 0 Å². The summed E-state index contributed by atoms with van der Waals surface area (Å²) in [6.45, 7) is 1.85. The number of fused-ring (bicyclic) bond motifs is 1. The smallest absolute Gasteiger partial charge is 0.341 e. The first-order valence-corrected chi connectivity index (χ1v) is 5.37. The molecule has 0 radical (unpaired) electrons. The van der Waals surface area contributed by atoms with E-state index in [4.69, 9.17) is 9.84 Å². The van der Waals surface area contributed by atoms with E-state index in [1.165, 1.54) is 13.3 Å². The molecule has 2 aromatic rings. The lowest BCUT2D eigenvalue weighted by atomic mass is 10.1. The monoisotopic (exact) mass is 247 g/mol. The lowest BCUT2D eigenvalue weighted by Gasteiger charge is -2.11. The number of aromatic nitrogens is 1. The van der Waals surface area contributed by atoms with Crippen LogP contribution < -0.4 is 10.2 Å². The van der Waals surface area contributed by atoms with Crippen LogP contribution in [0.1, 0.15) is 15.9 Å². The first kappa shape index (κ1) is 12.2. The molecule has 0 aliphatic carbocycles. The van der Waals surface area contributed by atoms with E-state index in [0.717, 1.165) is 5.56 Å². The number of ether oxygens (including phenoxy) is 1. The Bertz CT molecular complexity index is 700. The quantitative estimate of drug-likeness (QED) is 0.874. The van der Waals surface area contributed by atoms with E-state index >= 15 is 0 Å². The van der Waals surface area contributed by atoms with Crippen molar-refractivity contribution in [1.29, 1.82) is 0 Å². The van der Waals surface area contributed by atoms with E-state index in [2.05, 4.69) is 0 Å². The summed E-state index contributed by atoms with van der Waals surface area (Å²) in [7, 11) is 3.22. The van der Waals surface area contributed by atoms with Gasteiger partial charge < -0.3 is 14.4 Å². The highest BCUT2D eigenvalue weighted by atomic mass is 16.5. The Morgan fingerprint density at radius 3 is 2.61 bits per heavy atom. The van der Waals surface area contributed by atoms with Crippen LogP contribution in [0.25, 0.3) is 10.9 Å². The minimum Gasteiger partial charge on any atom is -0.497 e. The van der Waals surface area contributed by atoms with Gasteiger partial charge >= 0.3 is 5.97 Å². The highest BCUT2D eigenvalue weighted by molar-refractivity contribution is 5.93. The summed E-state index contributed by atoms with van der Waals surface area (Å²) < 4.78 is 6.75. The van der Waals surface area contributed by atoms with Crippen molar-refractivity contribution in [3.8, 4) is 5.75 Å². The lowest BCUT2D eigenvalue weighted by Crippen LogP contribution is -2.18. The standard InChI is InChI=1S/C13H13NO4/c1-7-4-8(18-3)5-9-11(7)14(2)6-10(12(9)15)13(16)17/h4-6H,1-3H3,(H,16,17). The van der Waals surface area contributed by atoms with Crippen molar-refractivity contribution in [2.24, 2.45) is 7.05 Å². The number of aromatic carboxylic acids is 1. The molecular formula is C13H13NO4. The summed E-state index contributed by atoms with van der Waals surface area (Å²) in [5.74, 6) is -0.683. The summed E-state index contributed by atoms with van der Waals surface area (Å²) in [5.41, 5.74) is 0.849. The first-order valence-electron chi connectivity index (χ1n) is 5.37. The van der Waals surface area contributed by atoms with Gasteiger partial charge in [0.2, 0.25) is 5.43 Å². The number of methoxy groups -OCH3 is 1. The van der Waals surface area contributed by atoms with Crippen molar-refractivity contribution >= 4 is 16.9 Å². The van der Waals surface area contributed by atoms with Gasteiger partial charge in [0.25, 0.3) is 0 Å². The van der Waals surface area contributed by atoms with Crippen LogP contribution in [-0.4, -0.2) is 22.8 Å². The van der Waals surface area contributed by atoms with Crippen LogP contribution in [0.5, 0.6) is 5.75 Å². The van der Waals surface area contributed by atoms with Crippen LogP contribution in [0.15, 0.2) is 23.1 Å². The average molecular weight is 247 g/mol. The Kier molecular flexibility index (Phi) is 2.82. The van der Waals surface area contributed by atoms with Gasteiger partial charge in [-0.25, -0.2) is 4.79 Å². The van der Waals surface area contributed by atoms with Gasteiger partial charge in [0.15, 0.2) is 0 Å². The van der Waals surface area contributed by atoms with Crippen molar-refractivity contribution in [1.82, 2.24) is 4.57 Å². The Hall–Kier alpha value is -2.30. The molecule has 0 fully saturated rings. The summed E-state index contributed by atoms with van der Waals surface area (Å²) in [5, 5.41) is 9.36. The number of carboxylic acids is 1. The van der Waals surface area contributed by atoms with Gasteiger partial charge in [0.1, 0.15) is 11.3 Å². The van der Waals surface area contributed by atoms with Crippen molar-refractivity contribution in [3.05, 3.63) is 39.7 Å². The van der Waals surface area contributed by atoms with Gasteiger partial charge in [0.05, 0.1) is 18.0 Å². The van der Waals surface area contributed by atoms with E-state index in [0.29, 0.717) is 16.7 Å². The molecule has 1 heterocycles. The van der Waals surface area contributed by atoms with Crippen LogP contribution in [0.4, 0.5) is 0 Å². The molecular weight excluding hydrogens is 234 g/mol. The fraction of sp³-hybridized carbons (Fsp3) is 0.231. The molecule has 1 N–H and O–H groups in total. The largest absolute Gasteiger partial charge is 0.497 e. The maximum absolute atomic E-state index is 12.1. The highest BCUT2D eigenvalue weighted by Gasteiger charge is 2.15. The van der Waals surface area contributed by atoms with Gasteiger partial charge in [0, 0.05) is 13.2 Å². The van der Waals surface area contributed by atoms with E-state index < -0.39 is 11.4 Å². The maximum atomic E-state index is 12.1. The van der Waals surface area contributed by atoms with Crippen LogP contribution in [0.2, 0.25) is 0 Å². The second-order valence-corrected chi connectivity index (χ2v) is 4.13. The Balaban J connectivity index is 2.99. The van der Waals surface area contributed by atoms with Crippen LogP contribution in [0, 0.1) is 6.92 Å². The third-order valence-corrected chi connectivity index (χ3v) is 2.90. The normalized spacial score (nSPS) is 10.6. The van der Waals surface area contributed by atoms with Gasteiger partial charge in [-0.05, 0) is 24.6 Å². The maximum Gasteiger partial charge on any atom is 0.341 e. The second-order valence-electron chi connectivity index (χ2n) is 4.13. The molecule has 5 heteroatoms. The van der Waals surface area contributed by atoms with Crippen molar-refractivity contribution in [3.63, 3.8) is 0 Å². The third kappa shape index (κ3) is 1.73. The van der Waals surface area contributed by atoms with Gasteiger partial charge in [-0.3, -0.25) is 4.79 Å². The number of carbonyl (C=O) groups is 1. The Morgan fingerprint density at radius 1 is 1.39 bits per heavy atom. The molecule has 0 bridgehead atoms. The van der Waals surface area contributed by atoms with E-state index in [1.807, 2.05) is 13.0 Å². The fourth-order valence-electron chi connectivity index (χ4n) is 2.12. The van der Waals surface area contributed by atoms with Crippen LogP contribution in [-0.2, 0) is 7.05 Å². The van der Waals surface area contributed by atoms with Crippen LogP contribution >= 0.6 is 0 Å². The molecule has 0 aliphatic heterocycles. The van der Waals surface area contributed by atoms with Gasteiger partial charge in [-0.2, -0.15) is 0 Å². The molecule has 1 aromatic carbocycles. The molecule has 0 spiro atoms. The average Bonchev–Trinajstić information content (AvgIpc) is 2.32. The number of carboxylic acid groups (broad SMARTS) is 1. The fourth-order valence-corrected chi connectivity index (χ4v) is 2.12. The molecule has 1 aromatic heterocycles. The first-order chi connectivity index (χ1) is 8.45. The molecule has 0 atom stereocenters. The van der Waals surface area contributed by atoms with Gasteiger partial charge in [-0.15, -0.1) is 0 Å². The number of nitrogens with zero attached hydrogens (tertiary/aromatic N) is 1. The molecule has 94 valence electrons. The van der Waals surface area contributed by atoms with Crippen molar-refractivity contribution in [2.45, 2.75) is 6.92 Å². The molecule has 5 nitrogen and oxygen atoms in total. The number of hydrogen-bond donors (Lipinski definition) is 1. The van der Waals surface area contributed by atoms with E-state index in [-0.39, 0.29) is 5.56 Å². The predicted molar refractivity (Wildman–Crippen MR) is 67.4 cm³/mol. The molecule has 0 saturated carbocycles.